The fourth-order valence-electron chi connectivity index (χ4n) is 2.40. The third-order valence-corrected chi connectivity index (χ3v) is 3.29. The van der Waals surface area contributed by atoms with Gasteiger partial charge in [0.2, 0.25) is 0 Å². The standard InChI is InChI=1S/C13H20N4O7/c1-6(18)21-5-10-12(23-8(3)20)11(22-7(2)19)9(4-14)13(24-10)16-17-15/h9-13H,4-5,14H2,1-3H3/t9?,10?,11?,12-,13+/m1/s1. The SMILES string of the molecule is CC(=O)OCC1O[C@H](N=[N+]=[N-])C(CN)C(OC(C)=O)[C@@H]1OC(C)=O. The highest BCUT2D eigenvalue weighted by molar-refractivity contribution is 5.67. The number of azide groups is 1. The van der Waals surface area contributed by atoms with Crippen molar-refractivity contribution in [2.24, 2.45) is 16.8 Å². The molecule has 0 aromatic heterocycles. The highest BCUT2D eigenvalue weighted by Gasteiger charge is 2.49. The van der Waals surface area contributed by atoms with Gasteiger partial charge in [-0.15, -0.1) is 0 Å². The summed E-state index contributed by atoms with van der Waals surface area (Å²) in [7, 11) is 0. The molecular formula is C13H20N4O7. The molecule has 0 spiro atoms. The maximum Gasteiger partial charge on any atom is 0.303 e. The number of nitrogens with zero attached hydrogens (tertiary/aromatic N) is 3. The minimum Gasteiger partial charge on any atom is -0.463 e. The number of carbonyl (C=O) groups excluding carboxylic acids is 3. The van der Waals surface area contributed by atoms with Gasteiger partial charge in [0.1, 0.15) is 25.0 Å². The molecule has 1 fully saturated rings. The fraction of sp³-hybridized carbons (Fsp3) is 0.769. The number of hydrogen-bond donors (Lipinski definition) is 1. The Kier molecular flexibility index (Phi) is 7.43. The van der Waals surface area contributed by atoms with Crippen LogP contribution in [0.15, 0.2) is 5.11 Å². The van der Waals surface area contributed by atoms with E-state index in [9.17, 15) is 14.4 Å². The molecule has 0 aromatic rings. The average Bonchev–Trinajstić information content (AvgIpc) is 2.47. The van der Waals surface area contributed by atoms with Crippen LogP contribution < -0.4 is 5.73 Å². The lowest BCUT2D eigenvalue weighted by Gasteiger charge is -2.43. The third-order valence-electron chi connectivity index (χ3n) is 3.29. The summed E-state index contributed by atoms with van der Waals surface area (Å²) in [6.45, 7) is 3.21. The van der Waals surface area contributed by atoms with E-state index in [0.717, 1.165) is 0 Å². The van der Waals surface area contributed by atoms with Crippen molar-refractivity contribution in [1.82, 2.24) is 0 Å². The Labute approximate surface area is 138 Å². The van der Waals surface area contributed by atoms with Crippen LogP contribution in [0.25, 0.3) is 10.4 Å². The van der Waals surface area contributed by atoms with E-state index in [1.54, 1.807) is 0 Å². The van der Waals surface area contributed by atoms with E-state index in [-0.39, 0.29) is 13.2 Å². The monoisotopic (exact) mass is 344 g/mol. The molecular weight excluding hydrogens is 324 g/mol. The van der Waals surface area contributed by atoms with Gasteiger partial charge in [-0.2, -0.15) is 0 Å². The Morgan fingerprint density at radius 3 is 2.17 bits per heavy atom. The van der Waals surface area contributed by atoms with Crippen LogP contribution in [0.1, 0.15) is 20.8 Å². The molecule has 0 aliphatic carbocycles. The predicted molar refractivity (Wildman–Crippen MR) is 78.1 cm³/mol. The van der Waals surface area contributed by atoms with Crippen LogP contribution in [0.2, 0.25) is 0 Å². The van der Waals surface area contributed by atoms with Crippen LogP contribution in [0.3, 0.4) is 0 Å². The highest BCUT2D eigenvalue weighted by atomic mass is 16.6. The van der Waals surface area contributed by atoms with Crippen molar-refractivity contribution in [1.29, 1.82) is 0 Å². The third kappa shape index (κ3) is 5.37. The first-order chi connectivity index (χ1) is 11.3. The first kappa shape index (κ1) is 19.7. The zero-order valence-electron chi connectivity index (χ0n) is 13.6. The number of ether oxygens (including phenoxy) is 4. The van der Waals surface area contributed by atoms with Gasteiger partial charge in [0.05, 0.1) is 0 Å². The molecule has 0 amide bonds. The van der Waals surface area contributed by atoms with Crippen LogP contribution in [0.5, 0.6) is 0 Å². The van der Waals surface area contributed by atoms with Crippen LogP contribution >= 0.6 is 0 Å². The maximum atomic E-state index is 11.4. The number of nitrogens with two attached hydrogens (primary N) is 1. The van der Waals surface area contributed by atoms with Gasteiger partial charge in [0, 0.05) is 38.1 Å². The summed E-state index contributed by atoms with van der Waals surface area (Å²) >= 11 is 0. The van der Waals surface area contributed by atoms with Crippen LogP contribution in [0, 0.1) is 5.92 Å². The van der Waals surface area contributed by atoms with Gasteiger partial charge in [0.25, 0.3) is 0 Å². The molecule has 5 atom stereocenters. The Morgan fingerprint density at radius 1 is 1.12 bits per heavy atom. The second-order valence-corrected chi connectivity index (χ2v) is 5.12. The quantitative estimate of drug-likeness (QED) is 0.232. The fourth-order valence-corrected chi connectivity index (χ4v) is 2.40. The van der Waals surface area contributed by atoms with Crippen molar-refractivity contribution < 1.29 is 33.3 Å². The number of hydrogen-bond acceptors (Lipinski definition) is 9. The van der Waals surface area contributed by atoms with E-state index in [0.29, 0.717) is 0 Å². The molecule has 1 saturated heterocycles. The molecule has 24 heavy (non-hydrogen) atoms. The van der Waals surface area contributed by atoms with Gasteiger partial charge in [-0.25, -0.2) is 0 Å². The lowest BCUT2D eigenvalue weighted by molar-refractivity contribution is -0.230. The van der Waals surface area contributed by atoms with Gasteiger partial charge in [-0.05, 0) is 5.53 Å². The van der Waals surface area contributed by atoms with Gasteiger partial charge in [-0.3, -0.25) is 14.4 Å². The second-order valence-electron chi connectivity index (χ2n) is 5.12. The molecule has 1 rings (SSSR count). The van der Waals surface area contributed by atoms with E-state index in [4.69, 9.17) is 30.2 Å². The summed E-state index contributed by atoms with van der Waals surface area (Å²) in [5.74, 6) is -2.59. The van der Waals surface area contributed by atoms with E-state index >= 15 is 0 Å². The minimum absolute atomic E-state index is 0.0559. The van der Waals surface area contributed by atoms with Crippen molar-refractivity contribution in [2.75, 3.05) is 13.2 Å². The van der Waals surface area contributed by atoms with Crippen molar-refractivity contribution in [2.45, 2.75) is 45.3 Å². The van der Waals surface area contributed by atoms with E-state index in [1.165, 1.54) is 20.8 Å². The maximum absolute atomic E-state index is 11.4. The molecule has 134 valence electrons. The van der Waals surface area contributed by atoms with E-state index < -0.39 is 48.4 Å². The Morgan fingerprint density at radius 2 is 1.71 bits per heavy atom. The molecule has 0 radical (unpaired) electrons. The van der Waals surface area contributed by atoms with Gasteiger partial charge >= 0.3 is 17.9 Å². The largest absolute Gasteiger partial charge is 0.463 e. The normalized spacial score (nSPS) is 29.1. The van der Waals surface area contributed by atoms with E-state index in [1.807, 2.05) is 0 Å². The van der Waals surface area contributed by atoms with Crippen molar-refractivity contribution in [3.63, 3.8) is 0 Å². The first-order valence-corrected chi connectivity index (χ1v) is 7.17. The van der Waals surface area contributed by atoms with Gasteiger partial charge in [-0.1, -0.05) is 5.11 Å². The molecule has 0 aromatic carbocycles. The zero-order valence-corrected chi connectivity index (χ0v) is 13.6. The molecule has 0 bridgehead atoms. The summed E-state index contributed by atoms with van der Waals surface area (Å²) in [6, 6.07) is 0. The van der Waals surface area contributed by atoms with Crippen molar-refractivity contribution >= 4 is 17.9 Å². The van der Waals surface area contributed by atoms with Crippen LogP contribution in [0.4, 0.5) is 0 Å². The molecule has 3 unspecified atom stereocenters. The summed E-state index contributed by atoms with van der Waals surface area (Å²) < 4.78 is 20.8. The highest BCUT2D eigenvalue weighted by Crippen LogP contribution is 2.31. The van der Waals surface area contributed by atoms with Crippen molar-refractivity contribution in [3.05, 3.63) is 10.4 Å². The van der Waals surface area contributed by atoms with Gasteiger partial charge < -0.3 is 24.7 Å². The minimum atomic E-state index is -1.07. The Hall–Kier alpha value is -2.36. The molecule has 2 N–H and O–H groups in total. The number of esters is 3. The summed E-state index contributed by atoms with van der Waals surface area (Å²) in [5, 5.41) is 3.49. The molecule has 1 aliphatic heterocycles. The lowest BCUT2D eigenvalue weighted by Crippen LogP contribution is -2.59. The smallest absolute Gasteiger partial charge is 0.303 e. The lowest BCUT2D eigenvalue weighted by atomic mass is 9.89. The molecule has 0 saturated carbocycles. The second kappa shape index (κ2) is 9.06. The number of carbonyl (C=O) groups is 3. The first-order valence-electron chi connectivity index (χ1n) is 7.17. The molecule has 1 aliphatic rings. The average molecular weight is 344 g/mol. The van der Waals surface area contributed by atoms with Crippen LogP contribution in [-0.4, -0.2) is 55.6 Å². The zero-order chi connectivity index (χ0) is 18.3. The van der Waals surface area contributed by atoms with Crippen molar-refractivity contribution in [3.8, 4) is 0 Å². The molecule has 1 heterocycles. The summed E-state index contributed by atoms with van der Waals surface area (Å²) in [5.41, 5.74) is 14.3. The summed E-state index contributed by atoms with van der Waals surface area (Å²) in [4.78, 5) is 36.5. The van der Waals surface area contributed by atoms with Crippen LogP contribution in [-0.2, 0) is 33.3 Å². The number of rotatable bonds is 6. The van der Waals surface area contributed by atoms with E-state index in [2.05, 4.69) is 10.0 Å². The summed E-state index contributed by atoms with van der Waals surface area (Å²) in [6.07, 6.45) is -4.14. The Bertz CT molecular complexity index is 534. The van der Waals surface area contributed by atoms with Gasteiger partial charge in [0.15, 0.2) is 6.10 Å². The molecule has 11 nitrogen and oxygen atoms in total. The molecule has 11 heteroatoms. The Balaban J connectivity index is 3.17. The predicted octanol–water partition coefficient (Wildman–Crippen LogP) is 0.0230. The topological polar surface area (TPSA) is 163 Å².